The van der Waals surface area contributed by atoms with Gasteiger partial charge in [0.15, 0.2) is 15.6 Å². The summed E-state index contributed by atoms with van der Waals surface area (Å²) in [4.78, 5) is 17.7. The summed E-state index contributed by atoms with van der Waals surface area (Å²) < 4.78 is 92.0. The summed E-state index contributed by atoms with van der Waals surface area (Å²) in [5.41, 5.74) is -1.11. The molecule has 14 heteroatoms. The number of carbonyl (C=O) groups is 1. The first-order valence-electron chi connectivity index (χ1n) is 12.6. The molecule has 0 atom stereocenters. The van der Waals surface area contributed by atoms with Gasteiger partial charge in [-0.25, -0.2) is 21.8 Å². The summed E-state index contributed by atoms with van der Waals surface area (Å²) in [5, 5.41) is -0.627. The monoisotopic (exact) mass is 648 g/mol. The van der Waals surface area contributed by atoms with Gasteiger partial charge in [-0.05, 0) is 67.4 Å². The lowest BCUT2D eigenvalue weighted by atomic mass is 10.1. The van der Waals surface area contributed by atoms with Crippen molar-refractivity contribution in [2.75, 3.05) is 10.5 Å². The first-order chi connectivity index (χ1) is 19.2. The number of sulfonamides is 1. The molecule has 0 aliphatic heterocycles. The highest BCUT2D eigenvalue weighted by Gasteiger charge is 2.32. The van der Waals surface area contributed by atoms with Crippen LogP contribution in [-0.2, 0) is 26.0 Å². The first-order valence-corrected chi connectivity index (χ1v) is 17.0. The van der Waals surface area contributed by atoms with E-state index in [1.807, 2.05) is 6.92 Å². The van der Waals surface area contributed by atoms with Crippen molar-refractivity contribution in [1.29, 1.82) is 0 Å². The fourth-order valence-corrected chi connectivity index (χ4v) is 7.56. The molecule has 0 aliphatic carbocycles. The maximum absolute atomic E-state index is 13.0. The lowest BCUT2D eigenvalue weighted by Crippen LogP contribution is -2.16. The zero-order valence-corrected chi connectivity index (χ0v) is 25.4. The minimum Gasteiger partial charge on any atom is -0.292 e. The Morgan fingerprint density at radius 3 is 2.22 bits per heavy atom. The Hall–Kier alpha value is -2.61. The van der Waals surface area contributed by atoms with Gasteiger partial charge in [-0.3, -0.25) is 9.52 Å². The number of nitrogens with one attached hydrogen (secondary N) is 1. The summed E-state index contributed by atoms with van der Waals surface area (Å²) in [6, 6.07) is 10.9. The summed E-state index contributed by atoms with van der Waals surface area (Å²) >= 11 is 7.02. The summed E-state index contributed by atoms with van der Waals surface area (Å²) in [6.07, 6.45) is -1.76. The number of aromatic nitrogens is 1. The van der Waals surface area contributed by atoms with E-state index in [4.69, 9.17) is 11.6 Å². The molecule has 41 heavy (non-hydrogen) atoms. The fraction of sp³-hybridized carbons (Fsp3) is 0.333. The van der Waals surface area contributed by atoms with E-state index in [1.54, 1.807) is 19.1 Å². The van der Waals surface area contributed by atoms with Gasteiger partial charge in [-0.15, -0.1) is 0 Å². The van der Waals surface area contributed by atoms with Crippen LogP contribution in [0.1, 0.15) is 62.0 Å². The van der Waals surface area contributed by atoms with Crippen molar-refractivity contribution in [3.05, 3.63) is 70.9 Å². The van der Waals surface area contributed by atoms with E-state index in [1.165, 1.54) is 24.3 Å². The third-order valence-corrected chi connectivity index (χ3v) is 10.5. The third-order valence-electron chi connectivity index (χ3n) is 5.81. The first kappa shape index (κ1) is 32.9. The highest BCUT2D eigenvalue weighted by Crippen LogP contribution is 2.35. The van der Waals surface area contributed by atoms with Gasteiger partial charge in [0.05, 0.1) is 21.2 Å². The van der Waals surface area contributed by atoms with Gasteiger partial charge in [-0.1, -0.05) is 50.1 Å². The van der Waals surface area contributed by atoms with Crippen molar-refractivity contribution >= 4 is 54.8 Å². The van der Waals surface area contributed by atoms with Crippen LogP contribution < -0.4 is 4.72 Å². The number of sulfone groups is 1. The standard InChI is InChI=1S/C27H28ClF3N2O5S3/c1-3-5-6-16-40(35,36)20-11-9-19(10-12-20)39-23-13-15-25(32-26(23)22(34)7-4-2)33-41(37,38)24-14-8-18(17-21(24)28)27(29,30)31/h8-15,17H,3-7,16H2,1-2H3,(H,32,33). The minimum absolute atomic E-state index is 0.00756. The average Bonchev–Trinajstić information content (AvgIpc) is 2.89. The maximum atomic E-state index is 13.0. The van der Waals surface area contributed by atoms with Crippen LogP contribution in [-0.4, -0.2) is 33.4 Å². The van der Waals surface area contributed by atoms with E-state index in [2.05, 4.69) is 9.71 Å². The Balaban J connectivity index is 1.88. The van der Waals surface area contributed by atoms with Crippen LogP contribution in [0.15, 0.2) is 74.2 Å². The summed E-state index contributed by atoms with van der Waals surface area (Å²) in [7, 11) is -7.86. The van der Waals surface area contributed by atoms with Crippen LogP contribution in [0.5, 0.6) is 0 Å². The van der Waals surface area contributed by atoms with Gasteiger partial charge in [0, 0.05) is 16.2 Å². The number of benzene rings is 2. The number of hydrogen-bond acceptors (Lipinski definition) is 7. The number of carbonyl (C=O) groups excluding carboxylic acids is 1. The van der Waals surface area contributed by atoms with Gasteiger partial charge in [0.25, 0.3) is 10.0 Å². The molecule has 0 radical (unpaired) electrons. The van der Waals surface area contributed by atoms with Crippen LogP contribution in [0.25, 0.3) is 0 Å². The second kappa shape index (κ2) is 13.6. The molecule has 0 saturated carbocycles. The molecule has 0 bridgehead atoms. The molecule has 222 valence electrons. The molecule has 0 unspecified atom stereocenters. The van der Waals surface area contributed by atoms with E-state index in [0.717, 1.165) is 30.7 Å². The molecule has 0 amide bonds. The zero-order valence-electron chi connectivity index (χ0n) is 22.2. The molecule has 1 aromatic heterocycles. The largest absolute Gasteiger partial charge is 0.416 e. The van der Waals surface area contributed by atoms with Crippen LogP contribution in [0, 0.1) is 0 Å². The fourth-order valence-electron chi connectivity index (χ4n) is 3.72. The smallest absolute Gasteiger partial charge is 0.292 e. The quantitative estimate of drug-likeness (QED) is 0.150. The molecule has 1 heterocycles. The molecule has 0 fully saturated rings. The normalized spacial score (nSPS) is 12.3. The zero-order chi connectivity index (χ0) is 30.4. The molecule has 3 aromatic rings. The van der Waals surface area contributed by atoms with Crippen molar-refractivity contribution in [2.45, 2.75) is 71.7 Å². The predicted molar refractivity (Wildman–Crippen MR) is 153 cm³/mol. The van der Waals surface area contributed by atoms with E-state index >= 15 is 0 Å². The van der Waals surface area contributed by atoms with Crippen molar-refractivity contribution in [1.82, 2.24) is 4.98 Å². The molecular weight excluding hydrogens is 621 g/mol. The van der Waals surface area contributed by atoms with Gasteiger partial charge < -0.3 is 0 Å². The van der Waals surface area contributed by atoms with Gasteiger partial charge >= 0.3 is 6.18 Å². The Morgan fingerprint density at radius 1 is 0.951 bits per heavy atom. The number of alkyl halides is 3. The lowest BCUT2D eigenvalue weighted by molar-refractivity contribution is -0.137. The third kappa shape index (κ3) is 8.69. The van der Waals surface area contributed by atoms with Crippen molar-refractivity contribution in [3.8, 4) is 0 Å². The topological polar surface area (TPSA) is 110 Å². The molecule has 0 aliphatic rings. The number of pyridine rings is 1. The van der Waals surface area contributed by atoms with Crippen LogP contribution >= 0.6 is 23.4 Å². The van der Waals surface area contributed by atoms with Crippen molar-refractivity contribution < 1.29 is 34.8 Å². The Kier molecular flexibility index (Phi) is 10.9. The summed E-state index contributed by atoms with van der Waals surface area (Å²) in [5.74, 6) is -0.515. The molecule has 2 aromatic carbocycles. The van der Waals surface area contributed by atoms with E-state index in [0.29, 0.717) is 34.8 Å². The second-order valence-electron chi connectivity index (χ2n) is 9.06. The molecule has 3 rings (SSSR count). The molecule has 1 N–H and O–H groups in total. The van der Waals surface area contributed by atoms with Crippen molar-refractivity contribution in [2.24, 2.45) is 0 Å². The number of unbranched alkanes of at least 4 members (excludes halogenated alkanes) is 2. The number of Topliss-reactive ketones (excluding diaryl/α,β-unsaturated/α-hetero) is 1. The summed E-state index contributed by atoms with van der Waals surface area (Å²) in [6.45, 7) is 3.78. The number of hydrogen-bond donors (Lipinski definition) is 1. The van der Waals surface area contributed by atoms with Gasteiger partial charge in [-0.2, -0.15) is 13.2 Å². The van der Waals surface area contributed by atoms with Gasteiger partial charge in [0.1, 0.15) is 16.4 Å². The number of ketones is 1. The van der Waals surface area contributed by atoms with Gasteiger partial charge in [0.2, 0.25) is 0 Å². The minimum atomic E-state index is -4.70. The molecule has 7 nitrogen and oxygen atoms in total. The highest BCUT2D eigenvalue weighted by atomic mass is 35.5. The number of nitrogens with zero attached hydrogens (tertiary/aromatic N) is 1. The van der Waals surface area contributed by atoms with E-state index in [9.17, 15) is 34.8 Å². The van der Waals surface area contributed by atoms with E-state index in [-0.39, 0.29) is 34.4 Å². The van der Waals surface area contributed by atoms with Crippen LogP contribution in [0.2, 0.25) is 5.02 Å². The highest BCUT2D eigenvalue weighted by molar-refractivity contribution is 7.99. The Labute approximate surface area is 246 Å². The number of rotatable bonds is 13. The van der Waals surface area contributed by atoms with Crippen LogP contribution in [0.3, 0.4) is 0 Å². The average molecular weight is 649 g/mol. The van der Waals surface area contributed by atoms with E-state index < -0.39 is 41.5 Å². The Bertz CT molecular complexity index is 1610. The second-order valence-corrected chi connectivity index (χ2v) is 14.3. The van der Waals surface area contributed by atoms with Crippen molar-refractivity contribution in [3.63, 3.8) is 0 Å². The SMILES string of the molecule is CCCCCS(=O)(=O)c1ccc(Sc2ccc(NS(=O)(=O)c3ccc(C(F)(F)F)cc3Cl)nc2C(=O)CCC)cc1. The Morgan fingerprint density at radius 2 is 1.63 bits per heavy atom. The maximum Gasteiger partial charge on any atom is 0.416 e. The van der Waals surface area contributed by atoms with Crippen LogP contribution in [0.4, 0.5) is 19.0 Å². The lowest BCUT2D eigenvalue weighted by Gasteiger charge is -2.14. The molecule has 0 saturated heterocycles. The molecule has 0 spiro atoms. The number of halogens is 4. The predicted octanol–water partition coefficient (Wildman–Crippen LogP) is 7.65. The molecular formula is C27H28ClF3N2O5S3. The number of anilines is 1.